The number of aromatic nitrogens is 6. The average Bonchev–Trinajstić information content (AvgIpc) is 3.20. The summed E-state index contributed by atoms with van der Waals surface area (Å²) < 4.78 is 10.5. The molecular weight excluding hydrogens is 360 g/mol. The fraction of sp³-hybridized carbons (Fsp3) is 0.263. The highest BCUT2D eigenvalue weighted by Gasteiger charge is 2.20. The summed E-state index contributed by atoms with van der Waals surface area (Å²) in [6, 6.07) is 11.4. The van der Waals surface area contributed by atoms with Gasteiger partial charge in [0.1, 0.15) is 12.4 Å². The molecule has 0 aliphatic carbocycles. The highest BCUT2D eigenvalue weighted by atomic mass is 16.5. The number of aryl methyl sites for hydroxylation is 3. The minimum absolute atomic E-state index is 0.302. The van der Waals surface area contributed by atoms with Crippen molar-refractivity contribution < 1.29 is 4.74 Å². The Morgan fingerprint density at radius 1 is 1.14 bits per heavy atom. The summed E-state index contributed by atoms with van der Waals surface area (Å²) in [5, 5.41) is 4.48. The van der Waals surface area contributed by atoms with Crippen LogP contribution in [0.1, 0.15) is 11.4 Å². The molecule has 0 atom stereocenters. The molecule has 9 heteroatoms. The SMILES string of the molecule is Cc1cc(C)n(-c2nc3c(c(=O)[nH]c(=O)n3C)n2CCOc2ccccc2)n1. The zero-order valence-electron chi connectivity index (χ0n) is 15.8. The lowest BCUT2D eigenvalue weighted by atomic mass is 10.3. The van der Waals surface area contributed by atoms with Crippen LogP contribution in [0.2, 0.25) is 0 Å². The number of hydrogen-bond acceptors (Lipinski definition) is 5. The lowest BCUT2D eigenvalue weighted by Crippen LogP contribution is -2.29. The first-order valence-corrected chi connectivity index (χ1v) is 8.86. The molecule has 0 spiro atoms. The molecule has 0 bridgehead atoms. The topological polar surface area (TPSA) is 99.7 Å². The van der Waals surface area contributed by atoms with Gasteiger partial charge in [-0.3, -0.25) is 18.9 Å². The minimum atomic E-state index is -0.511. The van der Waals surface area contributed by atoms with E-state index in [9.17, 15) is 9.59 Å². The Hall–Kier alpha value is -3.62. The van der Waals surface area contributed by atoms with Gasteiger partial charge in [0.25, 0.3) is 5.56 Å². The molecule has 3 heterocycles. The van der Waals surface area contributed by atoms with Gasteiger partial charge in [0, 0.05) is 12.7 Å². The van der Waals surface area contributed by atoms with E-state index in [1.165, 1.54) is 4.57 Å². The Morgan fingerprint density at radius 3 is 2.57 bits per heavy atom. The normalized spacial score (nSPS) is 11.2. The number of benzene rings is 1. The van der Waals surface area contributed by atoms with Crippen LogP contribution >= 0.6 is 0 Å². The van der Waals surface area contributed by atoms with Crippen molar-refractivity contribution in [1.29, 1.82) is 0 Å². The number of nitrogens with zero attached hydrogens (tertiary/aromatic N) is 5. The monoisotopic (exact) mass is 380 g/mol. The Balaban J connectivity index is 1.83. The maximum Gasteiger partial charge on any atom is 0.329 e. The largest absolute Gasteiger partial charge is 0.492 e. The Bertz CT molecular complexity index is 1260. The molecule has 4 aromatic rings. The maximum absolute atomic E-state index is 12.5. The van der Waals surface area contributed by atoms with E-state index in [-0.39, 0.29) is 0 Å². The van der Waals surface area contributed by atoms with Crippen LogP contribution in [-0.2, 0) is 13.6 Å². The first-order valence-electron chi connectivity index (χ1n) is 8.86. The van der Waals surface area contributed by atoms with Crippen molar-refractivity contribution in [3.05, 3.63) is 68.6 Å². The smallest absolute Gasteiger partial charge is 0.329 e. The van der Waals surface area contributed by atoms with E-state index in [4.69, 9.17) is 4.74 Å². The van der Waals surface area contributed by atoms with Gasteiger partial charge in [0.15, 0.2) is 11.2 Å². The van der Waals surface area contributed by atoms with E-state index in [1.54, 1.807) is 16.3 Å². The fourth-order valence-electron chi connectivity index (χ4n) is 3.20. The molecule has 1 N–H and O–H groups in total. The molecule has 4 rings (SSSR count). The zero-order chi connectivity index (χ0) is 19.8. The molecule has 0 aliphatic heterocycles. The Labute approximate surface area is 159 Å². The van der Waals surface area contributed by atoms with Gasteiger partial charge in [-0.25, -0.2) is 9.48 Å². The van der Waals surface area contributed by atoms with Crippen LogP contribution in [0.3, 0.4) is 0 Å². The number of imidazole rings is 1. The molecule has 144 valence electrons. The molecule has 0 amide bonds. The molecule has 1 aromatic carbocycles. The summed E-state index contributed by atoms with van der Waals surface area (Å²) in [4.78, 5) is 31.4. The molecule has 0 radical (unpaired) electrons. The van der Waals surface area contributed by atoms with Crippen LogP contribution in [0.5, 0.6) is 5.75 Å². The number of para-hydroxylation sites is 1. The summed E-state index contributed by atoms with van der Waals surface area (Å²) >= 11 is 0. The molecule has 3 aromatic heterocycles. The summed E-state index contributed by atoms with van der Waals surface area (Å²) in [5.74, 6) is 1.20. The van der Waals surface area contributed by atoms with Gasteiger partial charge in [-0.05, 0) is 32.0 Å². The van der Waals surface area contributed by atoms with Crippen LogP contribution in [-0.4, -0.2) is 35.5 Å². The van der Waals surface area contributed by atoms with Crippen LogP contribution < -0.4 is 16.0 Å². The van der Waals surface area contributed by atoms with E-state index in [1.807, 2.05) is 50.2 Å². The number of rotatable bonds is 5. The van der Waals surface area contributed by atoms with Gasteiger partial charge in [-0.15, -0.1) is 0 Å². The number of nitrogens with one attached hydrogen (secondary N) is 1. The maximum atomic E-state index is 12.5. The highest BCUT2D eigenvalue weighted by molar-refractivity contribution is 5.72. The fourth-order valence-corrected chi connectivity index (χ4v) is 3.20. The number of fused-ring (bicyclic) bond motifs is 1. The first-order chi connectivity index (χ1) is 13.5. The van der Waals surface area contributed by atoms with Crippen molar-refractivity contribution in [2.24, 2.45) is 7.05 Å². The van der Waals surface area contributed by atoms with Gasteiger partial charge in [0.2, 0.25) is 5.95 Å². The molecule has 0 aliphatic rings. The number of aromatic amines is 1. The molecule has 0 fully saturated rings. The molecule has 28 heavy (non-hydrogen) atoms. The Kier molecular flexibility index (Phi) is 4.34. The van der Waals surface area contributed by atoms with Crippen LogP contribution in [0, 0.1) is 13.8 Å². The summed E-state index contributed by atoms with van der Waals surface area (Å²) in [6.45, 7) is 4.48. The number of ether oxygens (including phenoxy) is 1. The quantitative estimate of drug-likeness (QED) is 0.563. The van der Waals surface area contributed by atoms with Crippen molar-refractivity contribution in [3.63, 3.8) is 0 Å². The van der Waals surface area contributed by atoms with Crippen molar-refractivity contribution >= 4 is 11.2 Å². The minimum Gasteiger partial charge on any atom is -0.492 e. The van der Waals surface area contributed by atoms with Gasteiger partial charge >= 0.3 is 5.69 Å². The number of hydrogen-bond donors (Lipinski definition) is 1. The molecule has 9 nitrogen and oxygen atoms in total. The van der Waals surface area contributed by atoms with Gasteiger partial charge in [0.05, 0.1) is 12.2 Å². The third-order valence-electron chi connectivity index (χ3n) is 4.51. The van der Waals surface area contributed by atoms with Crippen molar-refractivity contribution in [2.45, 2.75) is 20.4 Å². The van der Waals surface area contributed by atoms with Crippen molar-refractivity contribution in [2.75, 3.05) is 6.61 Å². The predicted molar refractivity (Wildman–Crippen MR) is 104 cm³/mol. The van der Waals surface area contributed by atoms with Crippen LogP contribution in [0.25, 0.3) is 17.1 Å². The molecule has 0 saturated carbocycles. The van der Waals surface area contributed by atoms with E-state index in [2.05, 4.69) is 15.1 Å². The lowest BCUT2D eigenvalue weighted by Gasteiger charge is -2.11. The second kappa shape index (κ2) is 6.84. The molecular formula is C19H20N6O3. The van der Waals surface area contributed by atoms with Crippen molar-refractivity contribution in [3.8, 4) is 11.7 Å². The van der Waals surface area contributed by atoms with E-state index >= 15 is 0 Å². The summed E-state index contributed by atoms with van der Waals surface area (Å²) in [7, 11) is 1.57. The average molecular weight is 380 g/mol. The molecule has 0 saturated heterocycles. The standard InChI is InChI=1S/C19H20N6O3/c1-12-11-13(2)25(22-12)18-20-16-15(17(26)21-19(27)23(16)3)24(18)9-10-28-14-7-5-4-6-8-14/h4-8,11H,9-10H2,1-3H3,(H,21,26,27). The van der Waals surface area contributed by atoms with Crippen LogP contribution in [0.15, 0.2) is 46.0 Å². The van der Waals surface area contributed by atoms with Crippen molar-refractivity contribution in [1.82, 2.24) is 28.9 Å². The lowest BCUT2D eigenvalue weighted by molar-refractivity contribution is 0.299. The van der Waals surface area contributed by atoms with Gasteiger partial charge in [-0.2, -0.15) is 10.1 Å². The van der Waals surface area contributed by atoms with E-state index in [0.29, 0.717) is 30.3 Å². The highest BCUT2D eigenvalue weighted by Crippen LogP contribution is 2.17. The summed E-state index contributed by atoms with van der Waals surface area (Å²) in [5.41, 5.74) is 1.32. The first kappa shape index (κ1) is 17.8. The third-order valence-corrected chi connectivity index (χ3v) is 4.51. The van der Waals surface area contributed by atoms with Gasteiger partial charge < -0.3 is 4.74 Å². The molecule has 0 unspecified atom stereocenters. The number of H-pyrrole nitrogens is 1. The summed E-state index contributed by atoms with van der Waals surface area (Å²) in [6.07, 6.45) is 0. The van der Waals surface area contributed by atoms with Crippen LogP contribution in [0.4, 0.5) is 0 Å². The predicted octanol–water partition coefficient (Wildman–Crippen LogP) is 1.30. The zero-order valence-corrected chi connectivity index (χ0v) is 15.8. The Morgan fingerprint density at radius 2 is 1.89 bits per heavy atom. The van der Waals surface area contributed by atoms with Gasteiger partial charge in [-0.1, -0.05) is 18.2 Å². The van der Waals surface area contributed by atoms with E-state index < -0.39 is 11.2 Å². The van der Waals surface area contributed by atoms with E-state index in [0.717, 1.165) is 17.1 Å². The third kappa shape index (κ3) is 3.00. The second-order valence-electron chi connectivity index (χ2n) is 6.55. The second-order valence-corrected chi connectivity index (χ2v) is 6.55.